The van der Waals surface area contributed by atoms with Gasteiger partial charge >= 0.3 is 6.18 Å². The Balaban J connectivity index is 1.71. The fraction of sp³-hybridized carbons (Fsp3) is 0.217. The van der Waals surface area contributed by atoms with Gasteiger partial charge in [0.1, 0.15) is 12.4 Å². The van der Waals surface area contributed by atoms with Crippen molar-refractivity contribution in [2.75, 3.05) is 6.61 Å². The molecule has 2 aromatic carbocycles. The van der Waals surface area contributed by atoms with Crippen LogP contribution in [0.3, 0.4) is 0 Å². The molecule has 1 unspecified atom stereocenters. The van der Waals surface area contributed by atoms with Crippen molar-refractivity contribution < 1.29 is 23.0 Å². The average molecular weight is 412 g/mol. The number of hydrogen-bond donors (Lipinski definition) is 1. The molecular formula is C23H19F3N2O2. The molecule has 0 spiro atoms. The molecule has 1 atom stereocenters. The lowest BCUT2D eigenvalue weighted by atomic mass is 9.89. The Morgan fingerprint density at radius 1 is 1.10 bits per heavy atom. The van der Waals surface area contributed by atoms with Crippen LogP contribution in [0.2, 0.25) is 0 Å². The van der Waals surface area contributed by atoms with Crippen LogP contribution in [-0.2, 0) is 0 Å². The first-order valence-electron chi connectivity index (χ1n) is 9.39. The van der Waals surface area contributed by atoms with E-state index < -0.39 is 18.2 Å². The van der Waals surface area contributed by atoms with Crippen LogP contribution in [0.1, 0.15) is 17.7 Å². The highest BCUT2D eigenvalue weighted by atomic mass is 19.4. The molecule has 0 saturated carbocycles. The Labute approximate surface area is 171 Å². The number of rotatable bonds is 4. The number of halogens is 3. The lowest BCUT2D eigenvalue weighted by molar-refractivity contribution is -0.226. The number of ether oxygens (including phenoxy) is 1. The summed E-state index contributed by atoms with van der Waals surface area (Å²) in [7, 11) is 0. The van der Waals surface area contributed by atoms with Gasteiger partial charge in [0.15, 0.2) is 5.60 Å². The highest BCUT2D eigenvalue weighted by molar-refractivity contribution is 5.92. The highest BCUT2D eigenvalue weighted by Gasteiger charge is 2.53. The lowest BCUT2D eigenvalue weighted by Crippen LogP contribution is -2.47. The molecule has 1 N–H and O–H groups in total. The van der Waals surface area contributed by atoms with Crippen molar-refractivity contribution in [1.29, 1.82) is 0 Å². The number of fused-ring (bicyclic) bond motifs is 2. The predicted molar refractivity (Wildman–Crippen MR) is 110 cm³/mol. The van der Waals surface area contributed by atoms with Crippen molar-refractivity contribution >= 4 is 28.4 Å². The first-order chi connectivity index (χ1) is 14.3. The standard InChI is InChI=1S/C23H19F3N2O2/c1-15-9-10-18-19(6-4-7-20(18)28-15)27-14-22(29,23(24,25)26)13-16-11-12-30-21-8-3-2-5-17(16)21/h2-11,14,29H,12-13H2,1H3/b27-14+. The topological polar surface area (TPSA) is 54.7 Å². The fourth-order valence-corrected chi connectivity index (χ4v) is 3.41. The number of aromatic nitrogens is 1. The summed E-state index contributed by atoms with van der Waals surface area (Å²) in [5, 5.41) is 11.2. The molecule has 1 aromatic heterocycles. The van der Waals surface area contributed by atoms with Crippen LogP contribution in [0.15, 0.2) is 65.7 Å². The Morgan fingerprint density at radius 3 is 2.70 bits per heavy atom. The Morgan fingerprint density at radius 2 is 1.90 bits per heavy atom. The third kappa shape index (κ3) is 3.80. The van der Waals surface area contributed by atoms with E-state index in [9.17, 15) is 18.3 Å². The Bertz CT molecular complexity index is 1150. The molecule has 0 fully saturated rings. The van der Waals surface area contributed by atoms with Gasteiger partial charge in [0.25, 0.3) is 0 Å². The number of pyridine rings is 1. The smallest absolute Gasteiger partial charge is 0.422 e. The van der Waals surface area contributed by atoms with E-state index in [0.717, 1.165) is 5.69 Å². The highest BCUT2D eigenvalue weighted by Crippen LogP contribution is 2.40. The van der Waals surface area contributed by atoms with Gasteiger partial charge in [-0.3, -0.25) is 9.98 Å². The van der Waals surface area contributed by atoms with Gasteiger partial charge in [-0.15, -0.1) is 0 Å². The number of alkyl halides is 3. The summed E-state index contributed by atoms with van der Waals surface area (Å²) in [4.78, 5) is 8.40. The fourth-order valence-electron chi connectivity index (χ4n) is 3.41. The van der Waals surface area contributed by atoms with Crippen molar-refractivity contribution in [1.82, 2.24) is 4.98 Å². The van der Waals surface area contributed by atoms with Crippen molar-refractivity contribution in [2.45, 2.75) is 25.1 Å². The molecule has 0 aliphatic carbocycles. The van der Waals surface area contributed by atoms with E-state index in [0.29, 0.717) is 39.7 Å². The summed E-state index contributed by atoms with van der Waals surface area (Å²) in [6.07, 6.45) is -3.44. The number of hydrogen-bond acceptors (Lipinski definition) is 4. The van der Waals surface area contributed by atoms with E-state index in [1.807, 2.05) is 6.92 Å². The predicted octanol–water partition coefficient (Wildman–Crippen LogP) is 5.41. The zero-order valence-electron chi connectivity index (χ0n) is 16.1. The molecule has 0 amide bonds. The maximum atomic E-state index is 13.9. The average Bonchev–Trinajstić information content (AvgIpc) is 2.71. The van der Waals surface area contributed by atoms with Crippen LogP contribution in [0.25, 0.3) is 16.5 Å². The second-order valence-corrected chi connectivity index (χ2v) is 7.19. The second-order valence-electron chi connectivity index (χ2n) is 7.19. The number of aliphatic hydroxyl groups is 1. The normalized spacial score (nSPS) is 16.1. The summed E-state index contributed by atoms with van der Waals surface area (Å²) in [5.41, 5.74) is -0.516. The van der Waals surface area contributed by atoms with Crippen molar-refractivity contribution in [3.05, 3.63) is 71.9 Å². The lowest BCUT2D eigenvalue weighted by Gasteiger charge is -2.29. The number of aryl methyl sites for hydroxylation is 1. The molecule has 1 aliphatic rings. The Hall–Kier alpha value is -3.19. The van der Waals surface area contributed by atoms with Gasteiger partial charge in [-0.2, -0.15) is 13.2 Å². The van der Waals surface area contributed by atoms with Crippen LogP contribution in [-0.4, -0.2) is 34.7 Å². The zero-order valence-corrected chi connectivity index (χ0v) is 16.1. The summed E-state index contributed by atoms with van der Waals surface area (Å²) < 4.78 is 47.1. The van der Waals surface area contributed by atoms with Crippen LogP contribution in [0, 0.1) is 6.92 Å². The molecule has 0 bridgehead atoms. The van der Waals surface area contributed by atoms with E-state index in [1.165, 1.54) is 0 Å². The van der Waals surface area contributed by atoms with E-state index in [2.05, 4.69) is 9.98 Å². The van der Waals surface area contributed by atoms with Gasteiger partial charge < -0.3 is 9.84 Å². The van der Waals surface area contributed by atoms with E-state index in [4.69, 9.17) is 4.74 Å². The Kier molecular flexibility index (Phi) is 5.07. The minimum atomic E-state index is -4.91. The van der Waals surface area contributed by atoms with Gasteiger partial charge in [0.05, 0.1) is 11.2 Å². The monoisotopic (exact) mass is 412 g/mol. The van der Waals surface area contributed by atoms with Gasteiger partial charge in [-0.05, 0) is 48.9 Å². The second kappa shape index (κ2) is 7.57. The molecule has 4 nitrogen and oxygen atoms in total. The maximum Gasteiger partial charge on any atom is 0.422 e. The maximum absolute atomic E-state index is 13.9. The summed E-state index contributed by atoms with van der Waals surface area (Å²) in [5.74, 6) is 0.493. The quantitative estimate of drug-likeness (QED) is 0.584. The van der Waals surface area contributed by atoms with Crippen LogP contribution < -0.4 is 4.74 Å². The van der Waals surface area contributed by atoms with E-state index in [1.54, 1.807) is 60.7 Å². The molecular weight excluding hydrogens is 393 g/mol. The van der Waals surface area contributed by atoms with Gasteiger partial charge in [-0.25, -0.2) is 0 Å². The summed E-state index contributed by atoms with van der Waals surface area (Å²) in [6, 6.07) is 15.4. The first kappa shape index (κ1) is 20.1. The van der Waals surface area contributed by atoms with E-state index in [-0.39, 0.29) is 6.61 Å². The molecule has 0 radical (unpaired) electrons. The van der Waals surface area contributed by atoms with Gasteiger partial charge in [0, 0.05) is 29.3 Å². The van der Waals surface area contributed by atoms with Crippen molar-refractivity contribution in [3.8, 4) is 5.75 Å². The molecule has 3 aromatic rings. The van der Waals surface area contributed by atoms with Crippen LogP contribution >= 0.6 is 0 Å². The molecule has 7 heteroatoms. The third-order valence-corrected chi connectivity index (χ3v) is 5.02. The number of benzene rings is 2. The van der Waals surface area contributed by atoms with Gasteiger partial charge in [-0.1, -0.05) is 24.3 Å². The molecule has 30 heavy (non-hydrogen) atoms. The van der Waals surface area contributed by atoms with E-state index >= 15 is 0 Å². The van der Waals surface area contributed by atoms with Crippen LogP contribution in [0.4, 0.5) is 18.9 Å². The molecule has 4 rings (SSSR count). The summed E-state index contributed by atoms with van der Waals surface area (Å²) >= 11 is 0. The number of para-hydroxylation sites is 1. The number of aliphatic imine (C=N–C) groups is 1. The number of nitrogens with zero attached hydrogens (tertiary/aromatic N) is 2. The first-order valence-corrected chi connectivity index (χ1v) is 9.39. The minimum Gasteiger partial charge on any atom is -0.489 e. The van der Waals surface area contributed by atoms with Crippen molar-refractivity contribution in [3.63, 3.8) is 0 Å². The van der Waals surface area contributed by atoms with Gasteiger partial charge in [0.2, 0.25) is 0 Å². The largest absolute Gasteiger partial charge is 0.489 e. The zero-order chi connectivity index (χ0) is 21.4. The van der Waals surface area contributed by atoms with Crippen molar-refractivity contribution in [2.24, 2.45) is 4.99 Å². The molecule has 0 saturated heterocycles. The molecule has 154 valence electrons. The van der Waals surface area contributed by atoms with Crippen LogP contribution in [0.5, 0.6) is 5.75 Å². The SMILES string of the molecule is Cc1ccc2c(/N=C/C(O)(CC3=CCOc4ccccc43)C(F)(F)F)cccc2n1. The summed E-state index contributed by atoms with van der Waals surface area (Å²) in [6.45, 7) is 1.98. The molecule has 1 aliphatic heterocycles. The molecule has 2 heterocycles. The minimum absolute atomic E-state index is 0.145. The third-order valence-electron chi connectivity index (χ3n) is 5.02.